The summed E-state index contributed by atoms with van der Waals surface area (Å²) < 4.78 is 14.3. The van der Waals surface area contributed by atoms with Crippen molar-refractivity contribution in [2.24, 2.45) is 0 Å². The van der Waals surface area contributed by atoms with E-state index in [1.54, 1.807) is 24.3 Å². The molecule has 2 heterocycles. The number of aliphatic hydroxyl groups excluding tert-OH is 1. The highest BCUT2D eigenvalue weighted by atomic mass is 32.1. The first-order valence-electron chi connectivity index (χ1n) is 9.93. The maximum absolute atomic E-state index is 13.4. The molecule has 0 radical (unpaired) electrons. The van der Waals surface area contributed by atoms with E-state index >= 15 is 0 Å². The number of hydrogen-bond acceptors (Lipinski definition) is 5. The molecule has 0 saturated carbocycles. The summed E-state index contributed by atoms with van der Waals surface area (Å²) in [6.45, 7) is 1.97. The minimum Gasteiger partial charge on any atom is -0.507 e. The van der Waals surface area contributed by atoms with Gasteiger partial charge in [-0.15, -0.1) is 0 Å². The van der Waals surface area contributed by atoms with Crippen molar-refractivity contribution in [1.29, 1.82) is 0 Å². The van der Waals surface area contributed by atoms with E-state index < -0.39 is 23.5 Å². The second-order valence-electron chi connectivity index (χ2n) is 7.55. The third-order valence-corrected chi connectivity index (χ3v) is 6.43. The van der Waals surface area contributed by atoms with E-state index in [1.807, 2.05) is 31.2 Å². The van der Waals surface area contributed by atoms with Crippen LogP contribution in [0.1, 0.15) is 22.7 Å². The molecule has 0 bridgehead atoms. The van der Waals surface area contributed by atoms with Crippen molar-refractivity contribution >= 4 is 44.1 Å². The van der Waals surface area contributed by atoms with Crippen LogP contribution >= 0.6 is 11.3 Å². The monoisotopic (exact) mass is 444 g/mol. The number of ketones is 1. The zero-order valence-electron chi connectivity index (χ0n) is 16.9. The number of aliphatic hydroxyl groups is 1. The summed E-state index contributed by atoms with van der Waals surface area (Å²) in [6.07, 6.45) is 0. The minimum atomic E-state index is -0.858. The zero-order chi connectivity index (χ0) is 22.4. The van der Waals surface area contributed by atoms with Gasteiger partial charge in [0.05, 0.1) is 21.8 Å². The van der Waals surface area contributed by atoms with Crippen molar-refractivity contribution in [2.75, 3.05) is 4.90 Å². The van der Waals surface area contributed by atoms with Crippen LogP contribution in [0.4, 0.5) is 9.52 Å². The number of carbonyl (C=O) groups excluding carboxylic acids is 2. The fourth-order valence-electron chi connectivity index (χ4n) is 3.87. The number of amides is 1. The Bertz CT molecular complexity index is 1390. The molecule has 0 spiro atoms. The van der Waals surface area contributed by atoms with Crippen LogP contribution in [0.5, 0.6) is 0 Å². The topological polar surface area (TPSA) is 70.5 Å². The number of nitrogens with zero attached hydrogens (tertiary/aromatic N) is 2. The maximum Gasteiger partial charge on any atom is 0.301 e. The van der Waals surface area contributed by atoms with Gasteiger partial charge in [-0.05, 0) is 54.4 Å². The number of hydrogen-bond donors (Lipinski definition) is 1. The average molecular weight is 444 g/mol. The van der Waals surface area contributed by atoms with Crippen molar-refractivity contribution in [3.8, 4) is 0 Å². The smallest absolute Gasteiger partial charge is 0.301 e. The summed E-state index contributed by atoms with van der Waals surface area (Å²) in [5.74, 6) is -2.39. The van der Waals surface area contributed by atoms with Gasteiger partial charge in [-0.3, -0.25) is 14.5 Å². The van der Waals surface area contributed by atoms with Gasteiger partial charge in [-0.2, -0.15) is 0 Å². The third kappa shape index (κ3) is 3.27. The number of benzene rings is 3. The second kappa shape index (κ2) is 7.69. The number of aryl methyl sites for hydroxylation is 1. The fraction of sp³-hybridized carbons (Fsp3) is 0.0800. The molecule has 0 aliphatic carbocycles. The molecule has 4 aromatic rings. The molecule has 0 unspecified atom stereocenters. The maximum atomic E-state index is 13.4. The van der Waals surface area contributed by atoms with Crippen molar-refractivity contribution in [3.05, 3.63) is 101 Å². The number of Topliss-reactive ketones (excluding diaryl/α,β-unsaturated/α-hetero) is 1. The molecule has 5 nitrogen and oxygen atoms in total. The van der Waals surface area contributed by atoms with Crippen molar-refractivity contribution in [3.63, 3.8) is 0 Å². The van der Waals surface area contributed by atoms with Crippen LogP contribution in [0, 0.1) is 12.7 Å². The zero-order valence-corrected chi connectivity index (χ0v) is 17.8. The Morgan fingerprint density at radius 1 is 1.03 bits per heavy atom. The predicted octanol–water partition coefficient (Wildman–Crippen LogP) is 5.37. The van der Waals surface area contributed by atoms with Gasteiger partial charge in [0.15, 0.2) is 5.13 Å². The van der Waals surface area contributed by atoms with Gasteiger partial charge in [0.2, 0.25) is 0 Å². The lowest BCUT2D eigenvalue weighted by Gasteiger charge is -2.22. The van der Waals surface area contributed by atoms with Crippen LogP contribution in [-0.2, 0) is 9.59 Å². The molecule has 1 N–H and O–H groups in total. The summed E-state index contributed by atoms with van der Waals surface area (Å²) in [7, 11) is 0. The summed E-state index contributed by atoms with van der Waals surface area (Å²) in [6, 6.07) is 19.1. The molecule has 1 aromatic heterocycles. The van der Waals surface area contributed by atoms with Crippen LogP contribution in [-0.4, -0.2) is 21.8 Å². The van der Waals surface area contributed by atoms with Gasteiger partial charge in [-0.25, -0.2) is 9.37 Å². The third-order valence-electron chi connectivity index (χ3n) is 5.42. The summed E-state index contributed by atoms with van der Waals surface area (Å²) in [5, 5.41) is 11.4. The number of fused-ring (bicyclic) bond motifs is 1. The molecule has 1 fully saturated rings. The fourth-order valence-corrected chi connectivity index (χ4v) is 4.96. The van der Waals surface area contributed by atoms with E-state index in [4.69, 9.17) is 0 Å². The van der Waals surface area contributed by atoms with Crippen LogP contribution in [0.15, 0.2) is 78.4 Å². The molecule has 5 rings (SSSR count). The molecule has 1 atom stereocenters. The molecular formula is C25H17FN2O3S. The Labute approximate surface area is 187 Å². The molecule has 7 heteroatoms. The van der Waals surface area contributed by atoms with E-state index in [-0.39, 0.29) is 16.9 Å². The first-order chi connectivity index (χ1) is 15.4. The molecule has 3 aromatic carbocycles. The van der Waals surface area contributed by atoms with Crippen LogP contribution in [0.25, 0.3) is 16.0 Å². The lowest BCUT2D eigenvalue weighted by Crippen LogP contribution is -2.29. The molecule has 32 heavy (non-hydrogen) atoms. The number of halogens is 1. The molecule has 1 aliphatic heterocycles. The number of anilines is 1. The van der Waals surface area contributed by atoms with E-state index in [1.165, 1.54) is 40.5 Å². The van der Waals surface area contributed by atoms with Gasteiger partial charge in [0.1, 0.15) is 11.6 Å². The highest BCUT2D eigenvalue weighted by molar-refractivity contribution is 7.22. The van der Waals surface area contributed by atoms with Gasteiger partial charge in [0, 0.05) is 5.56 Å². The molecular weight excluding hydrogens is 427 g/mol. The number of carbonyl (C=O) groups is 2. The van der Waals surface area contributed by atoms with Crippen LogP contribution < -0.4 is 4.90 Å². The largest absolute Gasteiger partial charge is 0.507 e. The van der Waals surface area contributed by atoms with Crippen molar-refractivity contribution in [1.82, 2.24) is 4.98 Å². The van der Waals surface area contributed by atoms with Crippen molar-refractivity contribution < 1.29 is 19.1 Å². The standard InChI is InChI=1S/C25H17FN2O3S/c1-14-7-12-18-19(13-14)32-25(27-18)28-21(15-5-3-2-4-6-15)20(23(30)24(28)31)22(29)16-8-10-17(26)11-9-16/h2-13,21,29H,1H3/t21-/m1/s1. The molecule has 1 amide bonds. The highest BCUT2D eigenvalue weighted by Crippen LogP contribution is 2.44. The molecule has 1 aliphatic rings. The van der Waals surface area contributed by atoms with E-state index in [9.17, 15) is 19.1 Å². The van der Waals surface area contributed by atoms with Gasteiger partial charge in [-0.1, -0.05) is 47.7 Å². The van der Waals surface area contributed by atoms with E-state index in [0.29, 0.717) is 10.7 Å². The highest BCUT2D eigenvalue weighted by Gasteiger charge is 2.48. The van der Waals surface area contributed by atoms with Gasteiger partial charge >= 0.3 is 5.91 Å². The van der Waals surface area contributed by atoms with E-state index in [2.05, 4.69) is 4.98 Å². The summed E-state index contributed by atoms with van der Waals surface area (Å²) in [5.41, 5.74) is 2.65. The van der Waals surface area contributed by atoms with Crippen molar-refractivity contribution in [2.45, 2.75) is 13.0 Å². The molecule has 1 saturated heterocycles. The Hall–Kier alpha value is -3.84. The SMILES string of the molecule is Cc1ccc2nc(N3C(=O)C(=O)C(=C(O)c4ccc(F)cc4)[C@H]3c3ccccc3)sc2c1. The summed E-state index contributed by atoms with van der Waals surface area (Å²) >= 11 is 1.31. The van der Waals surface area contributed by atoms with Gasteiger partial charge in [0.25, 0.3) is 5.78 Å². The van der Waals surface area contributed by atoms with Gasteiger partial charge < -0.3 is 5.11 Å². The lowest BCUT2D eigenvalue weighted by molar-refractivity contribution is -0.132. The Morgan fingerprint density at radius 3 is 2.47 bits per heavy atom. The Kier molecular flexibility index (Phi) is 4.83. The lowest BCUT2D eigenvalue weighted by atomic mass is 9.95. The Balaban J connectivity index is 1.72. The normalized spacial score (nSPS) is 17.9. The first-order valence-corrected chi connectivity index (χ1v) is 10.7. The second-order valence-corrected chi connectivity index (χ2v) is 8.56. The van der Waals surface area contributed by atoms with E-state index in [0.717, 1.165) is 15.8 Å². The van der Waals surface area contributed by atoms with Crippen LogP contribution in [0.2, 0.25) is 0 Å². The number of aromatic nitrogens is 1. The molecule has 158 valence electrons. The number of thiazole rings is 1. The summed E-state index contributed by atoms with van der Waals surface area (Å²) in [4.78, 5) is 32.2. The quantitative estimate of drug-likeness (QED) is 0.262. The first kappa shape index (κ1) is 20.1. The minimum absolute atomic E-state index is 0.0526. The average Bonchev–Trinajstić information content (AvgIpc) is 3.32. The Morgan fingerprint density at radius 2 is 1.75 bits per heavy atom. The predicted molar refractivity (Wildman–Crippen MR) is 122 cm³/mol. The van der Waals surface area contributed by atoms with Crippen LogP contribution in [0.3, 0.4) is 0 Å². The number of rotatable bonds is 3.